The average Bonchev–Trinajstić information content (AvgIpc) is 3.40. The number of carbonyl (C=O) groups excluding carboxylic acids is 2. The number of benzene rings is 1. The van der Waals surface area contributed by atoms with Gasteiger partial charge >= 0.3 is 0 Å². The minimum Gasteiger partial charge on any atom is -0.496 e. The maximum atomic E-state index is 13.1. The topological polar surface area (TPSA) is 87.3 Å². The van der Waals surface area contributed by atoms with Gasteiger partial charge in [0.2, 0.25) is 5.91 Å². The maximum absolute atomic E-state index is 13.1. The van der Waals surface area contributed by atoms with Crippen LogP contribution in [0.4, 0.5) is 5.13 Å². The summed E-state index contributed by atoms with van der Waals surface area (Å²) in [6.07, 6.45) is 1.72. The van der Waals surface area contributed by atoms with Gasteiger partial charge in [-0.2, -0.15) is 0 Å². The summed E-state index contributed by atoms with van der Waals surface area (Å²) in [5.41, 5.74) is 2.35. The van der Waals surface area contributed by atoms with Crippen molar-refractivity contribution >= 4 is 50.9 Å². The van der Waals surface area contributed by atoms with E-state index in [1.165, 1.54) is 11.3 Å². The van der Waals surface area contributed by atoms with Crippen LogP contribution in [0.15, 0.2) is 24.4 Å². The Morgan fingerprint density at radius 3 is 2.89 bits per heavy atom. The number of anilines is 1. The third kappa shape index (κ3) is 3.35. The van der Waals surface area contributed by atoms with E-state index < -0.39 is 6.04 Å². The van der Waals surface area contributed by atoms with Crippen LogP contribution >= 0.6 is 23.1 Å². The summed E-state index contributed by atoms with van der Waals surface area (Å²) in [6.45, 7) is 3.91. The third-order valence-electron chi connectivity index (χ3n) is 4.71. The Morgan fingerprint density at radius 1 is 1.36 bits per heavy atom. The number of rotatable bonds is 4. The number of H-pyrrole nitrogens is 1. The number of nitrogens with zero attached hydrogens (tertiary/aromatic N) is 2. The van der Waals surface area contributed by atoms with Gasteiger partial charge < -0.3 is 19.9 Å². The number of amides is 2. The molecule has 2 aromatic heterocycles. The number of hydrogen-bond donors (Lipinski definition) is 2. The number of nitrogens with one attached hydrogen (secondary N) is 2. The van der Waals surface area contributed by atoms with Crippen molar-refractivity contribution in [2.75, 3.05) is 24.1 Å². The van der Waals surface area contributed by atoms with E-state index in [0.717, 1.165) is 21.3 Å². The molecule has 1 fully saturated rings. The summed E-state index contributed by atoms with van der Waals surface area (Å²) in [4.78, 5) is 35.9. The molecule has 1 atom stereocenters. The zero-order chi connectivity index (χ0) is 19.8. The highest BCUT2D eigenvalue weighted by atomic mass is 32.2. The fourth-order valence-corrected chi connectivity index (χ4v) is 5.06. The number of hydrogen-bond acceptors (Lipinski definition) is 6. The van der Waals surface area contributed by atoms with Gasteiger partial charge in [-0.15, -0.1) is 23.1 Å². The number of aromatic nitrogens is 2. The molecule has 9 heteroatoms. The number of ether oxygens (including phenoxy) is 1. The fourth-order valence-electron chi connectivity index (χ4n) is 3.24. The van der Waals surface area contributed by atoms with Crippen molar-refractivity contribution in [2.24, 2.45) is 0 Å². The van der Waals surface area contributed by atoms with Gasteiger partial charge in [-0.1, -0.05) is 6.07 Å². The lowest BCUT2D eigenvalue weighted by Gasteiger charge is -2.22. The zero-order valence-corrected chi connectivity index (χ0v) is 17.4. The Labute approximate surface area is 170 Å². The van der Waals surface area contributed by atoms with Gasteiger partial charge in [-0.05, 0) is 31.5 Å². The average molecular weight is 417 g/mol. The van der Waals surface area contributed by atoms with E-state index in [2.05, 4.69) is 15.3 Å². The molecule has 7 nitrogen and oxygen atoms in total. The smallest absolute Gasteiger partial charge is 0.271 e. The predicted molar refractivity (Wildman–Crippen MR) is 112 cm³/mol. The minimum absolute atomic E-state index is 0.196. The predicted octanol–water partition coefficient (Wildman–Crippen LogP) is 3.40. The monoisotopic (exact) mass is 416 g/mol. The first-order valence-corrected chi connectivity index (χ1v) is 10.7. The molecular formula is C19H20N4O3S2. The lowest BCUT2D eigenvalue weighted by Crippen LogP contribution is -2.44. The van der Waals surface area contributed by atoms with E-state index in [1.54, 1.807) is 36.0 Å². The van der Waals surface area contributed by atoms with Crippen LogP contribution < -0.4 is 10.1 Å². The summed E-state index contributed by atoms with van der Waals surface area (Å²) in [5.74, 6) is 1.33. The lowest BCUT2D eigenvalue weighted by atomic mass is 10.1. The van der Waals surface area contributed by atoms with Gasteiger partial charge in [0.05, 0.1) is 18.5 Å². The summed E-state index contributed by atoms with van der Waals surface area (Å²) < 4.78 is 5.41. The molecule has 2 N–H and O–H groups in total. The molecule has 0 saturated carbocycles. The first-order chi connectivity index (χ1) is 13.5. The van der Waals surface area contributed by atoms with Crippen LogP contribution in [-0.4, -0.2) is 51.5 Å². The van der Waals surface area contributed by atoms with Crippen molar-refractivity contribution in [1.29, 1.82) is 0 Å². The van der Waals surface area contributed by atoms with Crippen LogP contribution in [0.1, 0.15) is 20.9 Å². The minimum atomic E-state index is -0.531. The van der Waals surface area contributed by atoms with Gasteiger partial charge in [-0.3, -0.25) is 9.59 Å². The molecule has 146 valence electrons. The number of aromatic amines is 1. The molecule has 1 saturated heterocycles. The molecule has 0 spiro atoms. The highest BCUT2D eigenvalue weighted by molar-refractivity contribution is 7.99. The standard InChI is InChI=1S/C19H20N4O3S2/c1-10-4-5-15(26-3)12-6-13(21-16(10)12)18(25)23-9-27-8-14(23)17(24)22-19-20-7-11(2)28-19/h4-7,14,21H,8-9H2,1-3H3,(H,20,22,24). The highest BCUT2D eigenvalue weighted by Gasteiger charge is 2.36. The molecule has 0 bridgehead atoms. The fraction of sp³-hybridized carbons (Fsp3) is 0.316. The number of fused-ring (bicyclic) bond motifs is 1. The van der Waals surface area contributed by atoms with Gasteiger partial charge in [0.15, 0.2) is 5.13 Å². The molecule has 1 aromatic carbocycles. The molecule has 0 aliphatic carbocycles. The van der Waals surface area contributed by atoms with Crippen molar-refractivity contribution in [1.82, 2.24) is 14.9 Å². The Hall–Kier alpha value is -2.52. The summed E-state index contributed by atoms with van der Waals surface area (Å²) in [5, 5.41) is 4.24. The lowest BCUT2D eigenvalue weighted by molar-refractivity contribution is -0.119. The van der Waals surface area contributed by atoms with Gasteiger partial charge in [0.1, 0.15) is 17.5 Å². The molecule has 3 heterocycles. The molecule has 1 unspecified atom stereocenters. The van der Waals surface area contributed by atoms with Gasteiger partial charge in [0.25, 0.3) is 5.91 Å². The van der Waals surface area contributed by atoms with Crippen molar-refractivity contribution in [3.8, 4) is 5.75 Å². The Morgan fingerprint density at radius 2 is 2.18 bits per heavy atom. The summed E-state index contributed by atoms with van der Waals surface area (Å²) >= 11 is 2.98. The Kier molecular flexibility index (Phi) is 5.03. The second-order valence-corrected chi connectivity index (χ2v) is 8.85. The van der Waals surface area contributed by atoms with Crippen LogP contribution in [0.3, 0.4) is 0 Å². The largest absolute Gasteiger partial charge is 0.496 e. The van der Waals surface area contributed by atoms with E-state index in [0.29, 0.717) is 28.2 Å². The number of methoxy groups -OCH3 is 1. The quantitative estimate of drug-likeness (QED) is 0.681. The number of carbonyl (C=O) groups is 2. The summed E-state index contributed by atoms with van der Waals surface area (Å²) in [7, 11) is 1.61. The molecule has 1 aliphatic heterocycles. The molecule has 3 aromatic rings. The third-order valence-corrected chi connectivity index (χ3v) is 6.55. The normalized spacial score (nSPS) is 16.5. The molecule has 2 amide bonds. The highest BCUT2D eigenvalue weighted by Crippen LogP contribution is 2.31. The SMILES string of the molecule is COc1ccc(C)c2[nH]c(C(=O)N3CSCC3C(=O)Nc3ncc(C)s3)cc12. The maximum Gasteiger partial charge on any atom is 0.271 e. The van der Waals surface area contributed by atoms with Crippen molar-refractivity contribution in [2.45, 2.75) is 19.9 Å². The number of thioether (sulfide) groups is 1. The van der Waals surface area contributed by atoms with Gasteiger partial charge in [-0.25, -0.2) is 4.98 Å². The van der Waals surface area contributed by atoms with E-state index in [9.17, 15) is 9.59 Å². The molecule has 1 aliphatic rings. The van der Waals surface area contributed by atoms with Crippen LogP contribution in [0, 0.1) is 13.8 Å². The van der Waals surface area contributed by atoms with E-state index in [4.69, 9.17) is 4.74 Å². The molecular weight excluding hydrogens is 396 g/mol. The van der Waals surface area contributed by atoms with Crippen molar-refractivity contribution in [3.05, 3.63) is 40.5 Å². The molecule has 28 heavy (non-hydrogen) atoms. The van der Waals surface area contributed by atoms with Crippen molar-refractivity contribution < 1.29 is 14.3 Å². The molecule has 0 radical (unpaired) electrons. The van der Waals surface area contributed by atoms with Crippen molar-refractivity contribution in [3.63, 3.8) is 0 Å². The molecule has 4 rings (SSSR count). The van der Waals surface area contributed by atoms with Crippen LogP contribution in [0.25, 0.3) is 10.9 Å². The Balaban J connectivity index is 1.59. The van der Waals surface area contributed by atoms with Crippen LogP contribution in [0.5, 0.6) is 5.75 Å². The van der Waals surface area contributed by atoms with Gasteiger partial charge in [0, 0.05) is 22.2 Å². The van der Waals surface area contributed by atoms with Crippen LogP contribution in [-0.2, 0) is 4.79 Å². The van der Waals surface area contributed by atoms with E-state index in [-0.39, 0.29) is 11.8 Å². The first kappa shape index (κ1) is 18.8. The van der Waals surface area contributed by atoms with E-state index >= 15 is 0 Å². The number of thiazole rings is 1. The Bertz CT molecular complexity index is 1060. The second-order valence-electron chi connectivity index (χ2n) is 6.61. The first-order valence-electron chi connectivity index (χ1n) is 8.76. The van der Waals surface area contributed by atoms with Crippen LogP contribution in [0.2, 0.25) is 0 Å². The summed E-state index contributed by atoms with van der Waals surface area (Å²) in [6, 6.07) is 5.10. The zero-order valence-electron chi connectivity index (χ0n) is 15.7. The number of aryl methyl sites for hydroxylation is 2. The second kappa shape index (κ2) is 7.48. The van der Waals surface area contributed by atoms with E-state index in [1.807, 2.05) is 26.0 Å².